The lowest BCUT2D eigenvalue weighted by atomic mass is 10.0. The van der Waals surface area contributed by atoms with E-state index in [1.165, 1.54) is 6.07 Å². The normalized spacial score (nSPS) is 15.2. The molecular weight excluding hydrogens is 394 g/mol. The van der Waals surface area contributed by atoms with Crippen LogP contribution in [0, 0.1) is 0 Å². The van der Waals surface area contributed by atoms with Crippen molar-refractivity contribution in [1.29, 1.82) is 0 Å². The van der Waals surface area contributed by atoms with E-state index >= 15 is 0 Å². The van der Waals surface area contributed by atoms with Gasteiger partial charge in [0, 0.05) is 17.5 Å². The van der Waals surface area contributed by atoms with Crippen LogP contribution in [0.25, 0.3) is 11.0 Å². The molecule has 0 saturated carbocycles. The lowest BCUT2D eigenvalue weighted by Crippen LogP contribution is -2.43. The number of nitrogens with zero attached hydrogens (tertiary/aromatic N) is 1. The predicted molar refractivity (Wildman–Crippen MR) is 117 cm³/mol. The molecule has 0 unspecified atom stereocenters. The zero-order valence-corrected chi connectivity index (χ0v) is 16.6. The first-order valence-corrected chi connectivity index (χ1v) is 9.94. The van der Waals surface area contributed by atoms with Gasteiger partial charge in [0.05, 0.1) is 11.7 Å². The summed E-state index contributed by atoms with van der Waals surface area (Å²) in [7, 11) is 0. The molecule has 31 heavy (non-hydrogen) atoms. The summed E-state index contributed by atoms with van der Waals surface area (Å²) in [6.07, 6.45) is 0. The van der Waals surface area contributed by atoms with Gasteiger partial charge in [0.25, 0.3) is 5.91 Å². The Morgan fingerprint density at radius 1 is 0.968 bits per heavy atom. The molecule has 1 atom stereocenters. The van der Waals surface area contributed by atoms with Gasteiger partial charge in [0.15, 0.2) is 6.61 Å². The van der Waals surface area contributed by atoms with E-state index in [0.717, 1.165) is 10.9 Å². The van der Waals surface area contributed by atoms with Crippen molar-refractivity contribution < 1.29 is 18.7 Å². The van der Waals surface area contributed by atoms with Crippen molar-refractivity contribution in [2.24, 2.45) is 0 Å². The van der Waals surface area contributed by atoms with Crippen LogP contribution in [0.3, 0.4) is 0 Å². The van der Waals surface area contributed by atoms with Gasteiger partial charge in [-0.1, -0.05) is 42.5 Å². The fourth-order valence-electron chi connectivity index (χ4n) is 3.76. The summed E-state index contributed by atoms with van der Waals surface area (Å²) >= 11 is 0. The molecule has 0 N–H and O–H groups in total. The summed E-state index contributed by atoms with van der Waals surface area (Å²) in [5.74, 6) is 0.919. The molecule has 4 aromatic rings. The highest BCUT2D eigenvalue weighted by Gasteiger charge is 2.33. The predicted octanol–water partition coefficient (Wildman–Crippen LogP) is 4.34. The number of amides is 1. The Morgan fingerprint density at radius 3 is 2.61 bits per heavy atom. The Bertz CT molecular complexity index is 1300. The first-order valence-electron chi connectivity index (χ1n) is 9.94. The molecule has 6 heteroatoms. The fourth-order valence-corrected chi connectivity index (χ4v) is 3.76. The number of anilines is 1. The molecule has 0 bridgehead atoms. The zero-order valence-electron chi connectivity index (χ0n) is 16.6. The maximum Gasteiger partial charge on any atom is 0.336 e. The van der Waals surface area contributed by atoms with Crippen molar-refractivity contribution in [2.45, 2.75) is 6.04 Å². The van der Waals surface area contributed by atoms with Crippen LogP contribution in [-0.2, 0) is 4.79 Å². The van der Waals surface area contributed by atoms with Crippen LogP contribution in [-0.4, -0.2) is 19.1 Å². The second kappa shape index (κ2) is 7.99. The molecule has 0 aliphatic carbocycles. The maximum absolute atomic E-state index is 13.3. The summed E-state index contributed by atoms with van der Waals surface area (Å²) in [6, 6.07) is 25.2. The molecule has 6 nitrogen and oxygen atoms in total. The lowest BCUT2D eigenvalue weighted by Gasteiger charge is -2.37. The minimum absolute atomic E-state index is 0.166. The number of hydrogen-bond donors (Lipinski definition) is 0. The largest absolute Gasteiger partial charge is 0.489 e. The third-order valence-corrected chi connectivity index (χ3v) is 5.24. The summed E-state index contributed by atoms with van der Waals surface area (Å²) < 4.78 is 16.9. The third-order valence-electron chi connectivity index (χ3n) is 5.24. The van der Waals surface area contributed by atoms with Crippen molar-refractivity contribution in [3.8, 4) is 11.5 Å². The molecule has 5 rings (SSSR count). The molecule has 3 aromatic carbocycles. The molecule has 1 aliphatic heterocycles. The molecule has 0 saturated heterocycles. The number of carbonyl (C=O) groups excluding carboxylic acids is 1. The Kier molecular flexibility index (Phi) is 4.88. The highest BCUT2D eigenvalue weighted by atomic mass is 16.5. The molecule has 0 spiro atoms. The van der Waals surface area contributed by atoms with Crippen molar-refractivity contribution >= 4 is 22.6 Å². The number of hydrogen-bond acceptors (Lipinski definition) is 5. The summed E-state index contributed by atoms with van der Waals surface area (Å²) in [4.78, 5) is 26.5. The second-order valence-electron chi connectivity index (χ2n) is 7.21. The first kappa shape index (κ1) is 18.9. The Balaban J connectivity index is 1.42. The number of benzene rings is 3. The highest BCUT2D eigenvalue weighted by Crippen LogP contribution is 2.39. The molecule has 0 radical (unpaired) electrons. The van der Waals surface area contributed by atoms with E-state index in [1.807, 2.05) is 54.6 Å². The van der Waals surface area contributed by atoms with E-state index in [2.05, 4.69) is 0 Å². The molecule has 1 aliphatic rings. The van der Waals surface area contributed by atoms with Crippen LogP contribution in [0.2, 0.25) is 0 Å². The van der Waals surface area contributed by atoms with Gasteiger partial charge in [-0.2, -0.15) is 0 Å². The molecule has 2 heterocycles. The topological polar surface area (TPSA) is 69.0 Å². The Labute approximate surface area is 178 Å². The number of rotatable bonds is 4. The summed E-state index contributed by atoms with van der Waals surface area (Å²) in [6.45, 7) is 0.189. The van der Waals surface area contributed by atoms with E-state index in [4.69, 9.17) is 13.9 Å². The van der Waals surface area contributed by atoms with E-state index in [0.29, 0.717) is 29.4 Å². The summed E-state index contributed by atoms with van der Waals surface area (Å²) in [5.41, 5.74) is 1.67. The molecule has 154 valence electrons. The van der Waals surface area contributed by atoms with Crippen LogP contribution >= 0.6 is 0 Å². The van der Waals surface area contributed by atoms with Crippen molar-refractivity contribution in [3.05, 3.63) is 101 Å². The summed E-state index contributed by atoms with van der Waals surface area (Å²) in [5, 5.41) is 0.782. The zero-order chi connectivity index (χ0) is 21.2. The van der Waals surface area contributed by atoms with Gasteiger partial charge in [-0.3, -0.25) is 9.69 Å². The SMILES string of the molecule is O=C(COc1ccc2ccc(=O)oc2c1)N1c2ccccc2OC[C@@H]1c1ccccc1. The van der Waals surface area contributed by atoms with Crippen LogP contribution in [0.15, 0.2) is 94.1 Å². The average Bonchev–Trinajstić information content (AvgIpc) is 2.82. The fraction of sp³-hybridized carbons (Fsp3) is 0.120. The van der Waals surface area contributed by atoms with Gasteiger partial charge in [0.2, 0.25) is 0 Å². The average molecular weight is 413 g/mol. The van der Waals surface area contributed by atoms with Gasteiger partial charge >= 0.3 is 5.63 Å². The number of ether oxygens (including phenoxy) is 2. The van der Waals surface area contributed by atoms with Gasteiger partial charge < -0.3 is 13.9 Å². The van der Waals surface area contributed by atoms with Gasteiger partial charge in [-0.15, -0.1) is 0 Å². The molecule has 1 aromatic heterocycles. The minimum atomic E-state index is -0.434. The quantitative estimate of drug-likeness (QED) is 0.466. The van der Waals surface area contributed by atoms with E-state index < -0.39 is 5.63 Å². The van der Waals surface area contributed by atoms with Crippen LogP contribution in [0.4, 0.5) is 5.69 Å². The van der Waals surface area contributed by atoms with Crippen LogP contribution < -0.4 is 20.0 Å². The van der Waals surface area contributed by atoms with Gasteiger partial charge in [0.1, 0.15) is 23.7 Å². The number of fused-ring (bicyclic) bond motifs is 2. The number of carbonyl (C=O) groups is 1. The van der Waals surface area contributed by atoms with E-state index in [9.17, 15) is 9.59 Å². The van der Waals surface area contributed by atoms with Gasteiger partial charge in [-0.05, 0) is 35.9 Å². The highest BCUT2D eigenvalue weighted by molar-refractivity contribution is 5.97. The van der Waals surface area contributed by atoms with Crippen molar-refractivity contribution in [1.82, 2.24) is 0 Å². The first-order chi connectivity index (χ1) is 15.2. The third kappa shape index (κ3) is 3.75. The van der Waals surface area contributed by atoms with Crippen LogP contribution in [0.5, 0.6) is 11.5 Å². The van der Waals surface area contributed by atoms with E-state index in [-0.39, 0.29) is 18.6 Å². The standard InChI is InChI=1S/C25H19NO5/c27-24(16-29-19-12-10-18-11-13-25(28)31-23(18)14-19)26-20-8-4-5-9-22(20)30-15-21(26)17-6-2-1-3-7-17/h1-14,21H,15-16H2/t21-/m1/s1. The Hall–Kier alpha value is -4.06. The monoisotopic (exact) mass is 413 g/mol. The smallest absolute Gasteiger partial charge is 0.336 e. The Morgan fingerprint density at radius 2 is 1.74 bits per heavy atom. The van der Waals surface area contributed by atoms with Crippen molar-refractivity contribution in [2.75, 3.05) is 18.1 Å². The lowest BCUT2D eigenvalue weighted by molar-refractivity contribution is -0.121. The number of para-hydroxylation sites is 2. The molecule has 1 amide bonds. The maximum atomic E-state index is 13.3. The molecule has 0 fully saturated rings. The second-order valence-corrected chi connectivity index (χ2v) is 7.21. The molecular formula is C25H19NO5. The van der Waals surface area contributed by atoms with E-state index in [1.54, 1.807) is 29.2 Å². The van der Waals surface area contributed by atoms with Gasteiger partial charge in [-0.25, -0.2) is 4.79 Å². The van der Waals surface area contributed by atoms with Crippen molar-refractivity contribution in [3.63, 3.8) is 0 Å². The minimum Gasteiger partial charge on any atom is -0.489 e. The van der Waals surface area contributed by atoms with Crippen LogP contribution in [0.1, 0.15) is 11.6 Å².